The van der Waals surface area contributed by atoms with E-state index in [2.05, 4.69) is 4.98 Å². The molecule has 6 heteroatoms. The van der Waals surface area contributed by atoms with Gasteiger partial charge < -0.3 is 19.5 Å². The lowest BCUT2D eigenvalue weighted by atomic mass is 9.83. The number of carbonyl (C=O) groups is 1. The van der Waals surface area contributed by atoms with Gasteiger partial charge in [0.1, 0.15) is 17.1 Å². The van der Waals surface area contributed by atoms with Crippen LogP contribution < -0.4 is 4.74 Å². The van der Waals surface area contributed by atoms with Crippen LogP contribution in [0.1, 0.15) is 54.6 Å². The van der Waals surface area contributed by atoms with Gasteiger partial charge >= 0.3 is 0 Å². The average Bonchev–Trinajstić information content (AvgIpc) is 2.75. The minimum atomic E-state index is -0.560. The van der Waals surface area contributed by atoms with E-state index in [0.29, 0.717) is 43.7 Å². The van der Waals surface area contributed by atoms with Gasteiger partial charge in [-0.3, -0.25) is 9.78 Å². The molecule has 0 saturated carbocycles. The van der Waals surface area contributed by atoms with Gasteiger partial charge in [-0.15, -0.1) is 0 Å². The largest absolute Gasteiger partial charge is 0.491 e. The molecule has 4 rings (SSSR count). The predicted octanol–water partition coefficient (Wildman–Crippen LogP) is 3.97. The van der Waals surface area contributed by atoms with Crippen LogP contribution in [0.3, 0.4) is 0 Å². The van der Waals surface area contributed by atoms with Gasteiger partial charge in [-0.1, -0.05) is 0 Å². The number of hydrogen-bond donors (Lipinski definition) is 1. The predicted molar refractivity (Wildman–Crippen MR) is 119 cm³/mol. The fourth-order valence-electron chi connectivity index (χ4n) is 4.37. The Morgan fingerprint density at radius 2 is 1.94 bits per heavy atom. The molecule has 0 bridgehead atoms. The third kappa shape index (κ3) is 4.74. The molecule has 2 aliphatic heterocycles. The average molecular weight is 423 g/mol. The summed E-state index contributed by atoms with van der Waals surface area (Å²) in [6.07, 6.45) is 6.65. The van der Waals surface area contributed by atoms with Crippen molar-refractivity contribution < 1.29 is 19.4 Å². The molecule has 1 unspecified atom stereocenters. The quantitative estimate of drug-likeness (QED) is 0.807. The molecule has 31 heavy (non-hydrogen) atoms. The minimum Gasteiger partial charge on any atom is -0.491 e. The Kier molecular flexibility index (Phi) is 6.01. The van der Waals surface area contributed by atoms with Crippen LogP contribution in [0.5, 0.6) is 5.75 Å². The zero-order chi connectivity index (χ0) is 22.0. The number of benzene rings is 1. The molecule has 6 nitrogen and oxygen atoms in total. The third-order valence-corrected chi connectivity index (χ3v) is 5.96. The zero-order valence-corrected chi connectivity index (χ0v) is 18.4. The summed E-state index contributed by atoms with van der Waals surface area (Å²) >= 11 is 0. The van der Waals surface area contributed by atoms with Crippen molar-refractivity contribution in [3.05, 3.63) is 65.5 Å². The van der Waals surface area contributed by atoms with Crippen LogP contribution in [0.25, 0.3) is 5.76 Å². The molecule has 0 radical (unpaired) electrons. The van der Waals surface area contributed by atoms with Crippen LogP contribution in [0, 0.1) is 6.92 Å². The first-order valence-electron chi connectivity index (χ1n) is 10.9. The molecule has 164 valence electrons. The number of aliphatic hydroxyl groups is 1. The number of nitrogens with zero attached hydrogens (tertiary/aromatic N) is 2. The van der Waals surface area contributed by atoms with Gasteiger partial charge in [0.05, 0.1) is 12.2 Å². The number of amides is 1. The molecule has 1 fully saturated rings. The van der Waals surface area contributed by atoms with Crippen LogP contribution in [0.15, 0.2) is 48.8 Å². The van der Waals surface area contributed by atoms with E-state index in [-0.39, 0.29) is 12.0 Å². The molecule has 2 aliphatic rings. The molecule has 1 saturated heterocycles. The SMILES string of the molecule is Cc1cc(C(=O)N2CCC3(CC2)CC(O)C=C(c2ccncc2)O3)ccc1OC(C)C. The minimum absolute atomic E-state index is 0.0234. The number of rotatable bonds is 4. The highest BCUT2D eigenvalue weighted by Gasteiger charge is 2.42. The van der Waals surface area contributed by atoms with Crippen molar-refractivity contribution in [3.63, 3.8) is 0 Å². The summed E-state index contributed by atoms with van der Waals surface area (Å²) in [5.74, 6) is 1.52. The maximum atomic E-state index is 13.1. The van der Waals surface area contributed by atoms with E-state index in [1.54, 1.807) is 18.5 Å². The van der Waals surface area contributed by atoms with E-state index in [0.717, 1.165) is 16.9 Å². The number of aromatic nitrogens is 1. The molecular formula is C25H30N2O4. The number of pyridine rings is 1. The maximum absolute atomic E-state index is 13.1. The van der Waals surface area contributed by atoms with Crippen molar-refractivity contribution in [2.45, 2.75) is 57.8 Å². The third-order valence-electron chi connectivity index (χ3n) is 5.96. The maximum Gasteiger partial charge on any atom is 0.253 e. The van der Waals surface area contributed by atoms with Crippen molar-refractivity contribution in [1.82, 2.24) is 9.88 Å². The van der Waals surface area contributed by atoms with Crippen LogP contribution in [-0.2, 0) is 4.74 Å². The second-order valence-corrected chi connectivity index (χ2v) is 8.76. The van der Waals surface area contributed by atoms with Gasteiger partial charge in [0, 0.05) is 55.9 Å². The molecular weight excluding hydrogens is 392 g/mol. The van der Waals surface area contributed by atoms with Gasteiger partial charge in [-0.05, 0) is 62.7 Å². The number of piperidine rings is 1. The van der Waals surface area contributed by atoms with Crippen molar-refractivity contribution in [3.8, 4) is 5.75 Å². The second kappa shape index (κ2) is 8.71. The smallest absolute Gasteiger partial charge is 0.253 e. The highest BCUT2D eigenvalue weighted by Crippen LogP contribution is 2.40. The van der Waals surface area contributed by atoms with Gasteiger partial charge in [0.25, 0.3) is 5.91 Å². The van der Waals surface area contributed by atoms with Gasteiger partial charge in [-0.2, -0.15) is 0 Å². The molecule has 1 N–H and O–H groups in total. The van der Waals surface area contributed by atoms with E-state index in [1.165, 1.54) is 0 Å². The summed E-state index contributed by atoms with van der Waals surface area (Å²) in [6.45, 7) is 7.13. The normalized spacial score (nSPS) is 20.4. The van der Waals surface area contributed by atoms with E-state index >= 15 is 0 Å². The number of aliphatic hydroxyl groups excluding tert-OH is 1. The monoisotopic (exact) mass is 422 g/mol. The highest BCUT2D eigenvalue weighted by molar-refractivity contribution is 5.94. The van der Waals surface area contributed by atoms with Gasteiger partial charge in [0.15, 0.2) is 0 Å². The Balaban J connectivity index is 1.43. The lowest BCUT2D eigenvalue weighted by Crippen LogP contribution is -2.50. The molecule has 1 amide bonds. The lowest BCUT2D eigenvalue weighted by molar-refractivity contribution is -0.0527. The number of carbonyl (C=O) groups excluding carboxylic acids is 1. The fraction of sp³-hybridized carbons (Fsp3) is 0.440. The number of hydrogen-bond acceptors (Lipinski definition) is 5. The Bertz CT molecular complexity index is 963. The molecule has 1 atom stereocenters. The van der Waals surface area contributed by atoms with Crippen LogP contribution >= 0.6 is 0 Å². The Morgan fingerprint density at radius 1 is 1.23 bits per heavy atom. The van der Waals surface area contributed by atoms with Crippen molar-refractivity contribution in [2.24, 2.45) is 0 Å². The summed E-state index contributed by atoms with van der Waals surface area (Å²) in [4.78, 5) is 19.0. The van der Waals surface area contributed by atoms with Crippen molar-refractivity contribution in [2.75, 3.05) is 13.1 Å². The fourth-order valence-corrected chi connectivity index (χ4v) is 4.37. The van der Waals surface area contributed by atoms with Crippen molar-refractivity contribution in [1.29, 1.82) is 0 Å². The Hall–Kier alpha value is -2.86. The van der Waals surface area contributed by atoms with Crippen LogP contribution in [0.4, 0.5) is 0 Å². The second-order valence-electron chi connectivity index (χ2n) is 8.76. The molecule has 1 spiro atoms. The summed E-state index contributed by atoms with van der Waals surface area (Å²) in [5, 5.41) is 10.5. The Morgan fingerprint density at radius 3 is 2.58 bits per heavy atom. The van der Waals surface area contributed by atoms with E-state index in [1.807, 2.05) is 56.0 Å². The summed E-state index contributed by atoms with van der Waals surface area (Å²) in [7, 11) is 0. The molecule has 2 aromatic rings. The van der Waals surface area contributed by atoms with Crippen molar-refractivity contribution >= 4 is 11.7 Å². The Labute approximate surface area is 183 Å². The lowest BCUT2D eigenvalue weighted by Gasteiger charge is -2.45. The highest BCUT2D eigenvalue weighted by atomic mass is 16.5. The molecule has 1 aromatic heterocycles. The van der Waals surface area contributed by atoms with Crippen LogP contribution in [0.2, 0.25) is 0 Å². The standard InChI is InChI=1S/C25H30N2O4/c1-17(2)30-22-5-4-20(14-18(22)3)24(29)27-12-8-25(9-13-27)16-21(28)15-23(31-25)19-6-10-26-11-7-19/h4-7,10-11,14-15,17,21,28H,8-9,12-13,16H2,1-3H3. The van der Waals surface area contributed by atoms with Crippen LogP contribution in [-0.4, -0.2) is 51.8 Å². The van der Waals surface area contributed by atoms with Gasteiger partial charge in [-0.25, -0.2) is 0 Å². The zero-order valence-electron chi connectivity index (χ0n) is 18.4. The number of ether oxygens (including phenoxy) is 2. The van der Waals surface area contributed by atoms with Gasteiger partial charge in [0.2, 0.25) is 0 Å². The van der Waals surface area contributed by atoms with E-state index in [9.17, 15) is 9.90 Å². The van der Waals surface area contributed by atoms with E-state index in [4.69, 9.17) is 9.47 Å². The first-order valence-corrected chi connectivity index (χ1v) is 10.9. The summed E-state index contributed by atoms with van der Waals surface area (Å²) < 4.78 is 12.2. The summed E-state index contributed by atoms with van der Waals surface area (Å²) in [5.41, 5.74) is 2.09. The number of aryl methyl sites for hydroxylation is 1. The molecule has 3 heterocycles. The summed E-state index contributed by atoms with van der Waals surface area (Å²) in [6, 6.07) is 9.37. The first kappa shape index (κ1) is 21.4. The van der Waals surface area contributed by atoms with E-state index < -0.39 is 11.7 Å². The topological polar surface area (TPSA) is 71.9 Å². The molecule has 0 aliphatic carbocycles. The first-order chi connectivity index (χ1) is 14.8. The molecule has 1 aromatic carbocycles. The number of likely N-dealkylation sites (tertiary alicyclic amines) is 1.